The molecule has 1 aromatic heterocycles. The van der Waals surface area contributed by atoms with Crippen molar-refractivity contribution in [3.8, 4) is 5.75 Å². The maximum atomic E-state index is 14.2. The Bertz CT molecular complexity index is 1030. The van der Waals surface area contributed by atoms with Gasteiger partial charge in [-0.2, -0.15) is 0 Å². The lowest BCUT2D eigenvalue weighted by Gasteiger charge is -2.14. The van der Waals surface area contributed by atoms with Crippen molar-refractivity contribution in [3.05, 3.63) is 62.7 Å². The van der Waals surface area contributed by atoms with Gasteiger partial charge in [0, 0.05) is 29.3 Å². The summed E-state index contributed by atoms with van der Waals surface area (Å²) in [7, 11) is 1.48. The van der Waals surface area contributed by atoms with E-state index in [1.54, 1.807) is 30.3 Å². The van der Waals surface area contributed by atoms with E-state index < -0.39 is 17.8 Å². The first kappa shape index (κ1) is 21.8. The third-order valence-corrected chi connectivity index (χ3v) is 6.10. The molecule has 1 heterocycles. The lowest BCUT2D eigenvalue weighted by molar-refractivity contribution is 0.0844. The van der Waals surface area contributed by atoms with Crippen LogP contribution in [0.3, 0.4) is 0 Å². The summed E-state index contributed by atoms with van der Waals surface area (Å²) < 4.78 is 25.5. The number of aliphatic hydroxyl groups excluding tert-OH is 1. The molecule has 0 fully saturated rings. The van der Waals surface area contributed by atoms with E-state index in [-0.39, 0.29) is 24.8 Å². The molecule has 2 aromatic carbocycles. The van der Waals surface area contributed by atoms with Crippen LogP contribution in [0.4, 0.5) is 4.39 Å². The highest BCUT2D eigenvalue weighted by molar-refractivity contribution is 7.21. The Morgan fingerprint density at radius 1 is 1.28 bits per heavy atom. The summed E-state index contributed by atoms with van der Waals surface area (Å²) in [6.45, 7) is -0.0465. The van der Waals surface area contributed by atoms with E-state index in [4.69, 9.17) is 32.7 Å². The van der Waals surface area contributed by atoms with Gasteiger partial charge < -0.3 is 19.9 Å². The largest absolute Gasteiger partial charge is 0.489 e. The third-order valence-electron chi connectivity index (χ3n) is 4.10. The van der Waals surface area contributed by atoms with Gasteiger partial charge in [-0.1, -0.05) is 35.3 Å². The molecule has 0 saturated heterocycles. The quantitative estimate of drug-likeness (QED) is 0.515. The van der Waals surface area contributed by atoms with Crippen molar-refractivity contribution in [3.63, 3.8) is 0 Å². The van der Waals surface area contributed by atoms with Crippen molar-refractivity contribution in [2.24, 2.45) is 0 Å². The molecule has 154 valence electrons. The molecule has 29 heavy (non-hydrogen) atoms. The van der Waals surface area contributed by atoms with Crippen LogP contribution in [0.2, 0.25) is 10.0 Å². The van der Waals surface area contributed by atoms with E-state index in [1.807, 2.05) is 0 Å². The van der Waals surface area contributed by atoms with Crippen LogP contribution < -0.4 is 10.1 Å². The first-order valence-corrected chi connectivity index (χ1v) is 10.2. The fourth-order valence-electron chi connectivity index (χ4n) is 2.76. The SMILES string of the molecule is COCc1c(C(=O)NCC(O)COc2cccc(Cl)c2Cl)sc2cccc(F)c12. The zero-order valence-corrected chi connectivity index (χ0v) is 17.7. The van der Waals surface area contributed by atoms with E-state index >= 15 is 0 Å². The molecule has 0 saturated carbocycles. The summed E-state index contributed by atoms with van der Waals surface area (Å²) in [6, 6.07) is 9.61. The van der Waals surface area contributed by atoms with Crippen LogP contribution in [-0.4, -0.2) is 37.4 Å². The number of amides is 1. The molecule has 0 aliphatic carbocycles. The Labute approximate surface area is 181 Å². The Morgan fingerprint density at radius 2 is 2.03 bits per heavy atom. The van der Waals surface area contributed by atoms with Crippen LogP contribution in [-0.2, 0) is 11.3 Å². The van der Waals surface area contributed by atoms with Crippen molar-refractivity contribution in [2.45, 2.75) is 12.7 Å². The summed E-state index contributed by atoms with van der Waals surface area (Å²) in [5.41, 5.74) is 0.486. The van der Waals surface area contributed by atoms with Gasteiger partial charge in [0.1, 0.15) is 29.3 Å². The smallest absolute Gasteiger partial charge is 0.261 e. The van der Waals surface area contributed by atoms with Crippen molar-refractivity contribution < 1.29 is 23.8 Å². The number of methoxy groups -OCH3 is 1. The van der Waals surface area contributed by atoms with E-state index in [1.165, 1.54) is 24.5 Å². The average molecular weight is 458 g/mol. The molecule has 0 radical (unpaired) electrons. The van der Waals surface area contributed by atoms with Crippen molar-refractivity contribution in [1.82, 2.24) is 5.32 Å². The molecule has 0 bridgehead atoms. The van der Waals surface area contributed by atoms with E-state index in [9.17, 15) is 14.3 Å². The number of thiophene rings is 1. The van der Waals surface area contributed by atoms with Gasteiger partial charge in [0.25, 0.3) is 5.91 Å². The van der Waals surface area contributed by atoms with Crippen LogP contribution in [0.5, 0.6) is 5.75 Å². The lowest BCUT2D eigenvalue weighted by atomic mass is 10.1. The lowest BCUT2D eigenvalue weighted by Crippen LogP contribution is -2.35. The summed E-state index contributed by atoms with van der Waals surface area (Å²) in [4.78, 5) is 13.0. The fraction of sp³-hybridized carbons (Fsp3) is 0.250. The number of rotatable bonds is 8. The first-order valence-electron chi connectivity index (χ1n) is 8.64. The van der Waals surface area contributed by atoms with Gasteiger partial charge in [0.15, 0.2) is 0 Å². The van der Waals surface area contributed by atoms with Gasteiger partial charge in [-0.25, -0.2) is 4.39 Å². The Kier molecular flexibility index (Phi) is 7.32. The number of halogens is 3. The standard InChI is InChI=1S/C20H18Cl2FNO4S/c1-27-10-12-17-14(23)5-3-7-16(17)29-19(12)20(26)24-8-11(25)9-28-15-6-2-4-13(21)18(15)22/h2-7,11,25H,8-10H2,1H3,(H,24,26). The minimum Gasteiger partial charge on any atom is -0.489 e. The molecule has 3 rings (SSSR count). The predicted molar refractivity (Wildman–Crippen MR) is 113 cm³/mol. The zero-order chi connectivity index (χ0) is 21.0. The average Bonchev–Trinajstić information content (AvgIpc) is 3.07. The highest BCUT2D eigenvalue weighted by Gasteiger charge is 2.21. The summed E-state index contributed by atoms with van der Waals surface area (Å²) in [5, 5.41) is 13.7. The monoisotopic (exact) mass is 457 g/mol. The van der Waals surface area contributed by atoms with E-state index in [0.717, 1.165) is 0 Å². The van der Waals surface area contributed by atoms with Gasteiger partial charge >= 0.3 is 0 Å². The van der Waals surface area contributed by atoms with Crippen LogP contribution >= 0.6 is 34.5 Å². The first-order chi connectivity index (χ1) is 13.9. The molecule has 9 heteroatoms. The molecular formula is C20H18Cl2FNO4S. The summed E-state index contributed by atoms with van der Waals surface area (Å²) >= 11 is 13.1. The Hall–Kier alpha value is -1.90. The molecule has 5 nitrogen and oxygen atoms in total. The second kappa shape index (κ2) is 9.73. The number of aliphatic hydroxyl groups is 1. The van der Waals surface area contributed by atoms with Gasteiger partial charge in [0.2, 0.25) is 0 Å². The second-order valence-corrected chi connectivity index (χ2v) is 8.02. The number of fused-ring (bicyclic) bond motifs is 1. The minimum absolute atomic E-state index is 0.0554. The number of carbonyl (C=O) groups is 1. The van der Waals surface area contributed by atoms with Crippen molar-refractivity contribution in [1.29, 1.82) is 0 Å². The van der Waals surface area contributed by atoms with Crippen LogP contribution in [0.1, 0.15) is 15.2 Å². The number of hydrogen-bond acceptors (Lipinski definition) is 5. The summed E-state index contributed by atoms with van der Waals surface area (Å²) in [6.07, 6.45) is -0.981. The maximum absolute atomic E-state index is 14.2. The number of ether oxygens (including phenoxy) is 2. The molecule has 1 unspecified atom stereocenters. The summed E-state index contributed by atoms with van der Waals surface area (Å²) in [5.74, 6) is -0.485. The molecule has 1 amide bonds. The van der Waals surface area contributed by atoms with E-state index in [2.05, 4.69) is 5.32 Å². The number of nitrogens with one attached hydrogen (secondary N) is 1. The number of hydrogen-bond donors (Lipinski definition) is 2. The third kappa shape index (κ3) is 4.99. The van der Waals surface area contributed by atoms with Gasteiger partial charge in [0.05, 0.1) is 16.5 Å². The van der Waals surface area contributed by atoms with Crippen LogP contribution in [0.25, 0.3) is 10.1 Å². The van der Waals surface area contributed by atoms with Gasteiger partial charge in [-0.05, 0) is 24.3 Å². The van der Waals surface area contributed by atoms with Crippen LogP contribution in [0, 0.1) is 5.82 Å². The molecule has 0 aliphatic heterocycles. The molecule has 0 spiro atoms. The minimum atomic E-state index is -0.981. The number of benzene rings is 2. The Morgan fingerprint density at radius 3 is 2.79 bits per heavy atom. The predicted octanol–water partition coefficient (Wildman–Crippen LogP) is 4.66. The zero-order valence-electron chi connectivity index (χ0n) is 15.4. The number of carbonyl (C=O) groups excluding carboxylic acids is 1. The molecule has 2 N–H and O–H groups in total. The second-order valence-electron chi connectivity index (χ2n) is 6.18. The van der Waals surface area contributed by atoms with E-state index in [0.29, 0.717) is 31.3 Å². The van der Waals surface area contributed by atoms with Crippen molar-refractivity contribution in [2.75, 3.05) is 20.3 Å². The van der Waals surface area contributed by atoms with Gasteiger partial charge in [-0.3, -0.25) is 4.79 Å². The molecular weight excluding hydrogens is 440 g/mol. The maximum Gasteiger partial charge on any atom is 0.261 e. The molecule has 1 atom stereocenters. The molecule has 3 aromatic rings. The highest BCUT2D eigenvalue weighted by atomic mass is 35.5. The normalized spacial score (nSPS) is 12.2. The topological polar surface area (TPSA) is 67.8 Å². The molecule has 0 aliphatic rings. The van der Waals surface area contributed by atoms with Gasteiger partial charge in [-0.15, -0.1) is 11.3 Å². The van der Waals surface area contributed by atoms with Crippen LogP contribution in [0.15, 0.2) is 36.4 Å². The van der Waals surface area contributed by atoms with Crippen molar-refractivity contribution >= 4 is 50.5 Å². The Balaban J connectivity index is 1.65. The fourth-order valence-corrected chi connectivity index (χ4v) is 4.25. The highest BCUT2D eigenvalue weighted by Crippen LogP contribution is 2.34.